The number of carbonyl (C=O) groups excluding carboxylic acids is 3. The van der Waals surface area contributed by atoms with Crippen LogP contribution in [0.4, 0.5) is 0 Å². The first-order valence-corrected chi connectivity index (χ1v) is 11.4. The van der Waals surface area contributed by atoms with Crippen LogP contribution in [0.15, 0.2) is 0 Å². The van der Waals surface area contributed by atoms with Gasteiger partial charge in [-0.2, -0.15) is 11.8 Å². The lowest BCUT2D eigenvalue weighted by molar-refractivity contribution is -0.142. The Morgan fingerprint density at radius 1 is 0.871 bits per heavy atom. The molecule has 11 nitrogen and oxygen atoms in total. The van der Waals surface area contributed by atoms with Gasteiger partial charge in [0.2, 0.25) is 17.7 Å². The number of carbonyl (C=O) groups is 5. The smallest absolute Gasteiger partial charge is 0.325 e. The van der Waals surface area contributed by atoms with Gasteiger partial charge in [0, 0.05) is 6.42 Å². The van der Waals surface area contributed by atoms with E-state index in [1.165, 1.54) is 18.7 Å². The first-order valence-electron chi connectivity index (χ1n) is 9.99. The van der Waals surface area contributed by atoms with Crippen molar-refractivity contribution in [1.82, 2.24) is 16.0 Å². The molecule has 7 N–H and O–H groups in total. The molecule has 0 aromatic heterocycles. The van der Waals surface area contributed by atoms with Crippen molar-refractivity contribution in [3.8, 4) is 0 Å². The first kappa shape index (κ1) is 28.7. The lowest BCUT2D eigenvalue weighted by Gasteiger charge is -2.24. The normalized spacial score (nSPS) is 14.8. The molecule has 4 atom stereocenters. The molecule has 0 aliphatic carbocycles. The Morgan fingerprint density at radius 3 is 1.87 bits per heavy atom. The molecule has 0 aromatic rings. The van der Waals surface area contributed by atoms with Crippen molar-refractivity contribution in [3.05, 3.63) is 0 Å². The lowest BCUT2D eigenvalue weighted by atomic mass is 10.0. The van der Waals surface area contributed by atoms with Crippen molar-refractivity contribution in [1.29, 1.82) is 0 Å². The van der Waals surface area contributed by atoms with Crippen molar-refractivity contribution in [2.75, 3.05) is 12.0 Å². The van der Waals surface area contributed by atoms with E-state index in [4.69, 9.17) is 15.9 Å². The zero-order chi connectivity index (χ0) is 24.1. The van der Waals surface area contributed by atoms with Gasteiger partial charge in [-0.3, -0.25) is 24.0 Å². The van der Waals surface area contributed by atoms with E-state index in [0.29, 0.717) is 12.2 Å². The average Bonchev–Trinajstić information content (AvgIpc) is 2.66. The van der Waals surface area contributed by atoms with Crippen LogP contribution in [-0.4, -0.2) is 76.0 Å². The van der Waals surface area contributed by atoms with Crippen LogP contribution in [-0.2, 0) is 24.0 Å². The van der Waals surface area contributed by atoms with Crippen LogP contribution in [0.25, 0.3) is 0 Å². The summed E-state index contributed by atoms with van der Waals surface area (Å²) in [7, 11) is 0. The van der Waals surface area contributed by atoms with Crippen LogP contribution in [0.2, 0.25) is 0 Å². The number of nitrogens with two attached hydrogens (primary N) is 1. The molecule has 178 valence electrons. The number of hydrogen-bond donors (Lipinski definition) is 6. The van der Waals surface area contributed by atoms with Gasteiger partial charge in [-0.05, 0) is 44.1 Å². The number of carboxylic acid groups (broad SMARTS) is 2. The van der Waals surface area contributed by atoms with Gasteiger partial charge in [0.25, 0.3) is 0 Å². The van der Waals surface area contributed by atoms with Gasteiger partial charge < -0.3 is 31.9 Å². The molecular weight excluding hydrogens is 428 g/mol. The van der Waals surface area contributed by atoms with Crippen LogP contribution in [0.3, 0.4) is 0 Å². The molecule has 12 heteroatoms. The summed E-state index contributed by atoms with van der Waals surface area (Å²) < 4.78 is 0. The van der Waals surface area contributed by atoms with Crippen molar-refractivity contribution in [2.45, 2.75) is 70.6 Å². The summed E-state index contributed by atoms with van der Waals surface area (Å²) in [4.78, 5) is 59.4. The van der Waals surface area contributed by atoms with E-state index in [2.05, 4.69) is 16.0 Å². The summed E-state index contributed by atoms with van der Waals surface area (Å²) in [6.07, 6.45) is 1.87. The van der Waals surface area contributed by atoms with E-state index >= 15 is 0 Å². The highest BCUT2D eigenvalue weighted by Gasteiger charge is 2.29. The predicted octanol–water partition coefficient (Wildman–Crippen LogP) is -0.463. The Hall–Kier alpha value is -2.34. The molecule has 31 heavy (non-hydrogen) atoms. The van der Waals surface area contributed by atoms with E-state index in [1.54, 1.807) is 0 Å². The minimum Gasteiger partial charge on any atom is -0.481 e. The largest absolute Gasteiger partial charge is 0.481 e. The molecular formula is C19H34N4O7S. The summed E-state index contributed by atoms with van der Waals surface area (Å²) in [5, 5.41) is 25.1. The summed E-state index contributed by atoms with van der Waals surface area (Å²) in [5.74, 6) is -3.73. The molecule has 0 fully saturated rings. The fourth-order valence-electron chi connectivity index (χ4n) is 2.58. The second kappa shape index (κ2) is 14.6. The quantitative estimate of drug-likeness (QED) is 0.187. The van der Waals surface area contributed by atoms with Crippen molar-refractivity contribution in [2.24, 2.45) is 11.7 Å². The van der Waals surface area contributed by atoms with Gasteiger partial charge >= 0.3 is 11.9 Å². The topological polar surface area (TPSA) is 188 Å². The maximum Gasteiger partial charge on any atom is 0.325 e. The third kappa shape index (κ3) is 12.2. The third-order valence-corrected chi connectivity index (χ3v) is 4.96. The summed E-state index contributed by atoms with van der Waals surface area (Å²) in [6, 6.07) is -4.27. The van der Waals surface area contributed by atoms with Gasteiger partial charge in [0.15, 0.2) is 0 Å². The number of nitrogens with one attached hydrogen (secondary N) is 3. The SMILES string of the molecule is CSCCC(NC(=O)C(N)CC(C)C)C(=O)NC(CCC(=O)O)C(=O)NC(C)C(=O)O. The average molecular weight is 463 g/mol. The standard InChI is InChI=1S/C19H34N4O7S/c1-10(2)9-12(20)16(26)22-14(7-8-31-4)18(28)23-13(5-6-15(24)25)17(27)21-11(3)19(29)30/h10-14H,5-9,20H2,1-4H3,(H,21,27)(H,22,26)(H,23,28)(H,24,25)(H,29,30). The molecule has 0 spiro atoms. The second-order valence-electron chi connectivity index (χ2n) is 7.64. The summed E-state index contributed by atoms with van der Waals surface area (Å²) in [5.41, 5.74) is 5.87. The number of hydrogen-bond acceptors (Lipinski definition) is 7. The molecule has 0 rings (SSSR count). The van der Waals surface area contributed by atoms with Crippen molar-refractivity contribution >= 4 is 41.4 Å². The number of aliphatic carboxylic acids is 2. The Labute approximate surface area is 186 Å². The van der Waals surface area contributed by atoms with E-state index in [9.17, 15) is 24.0 Å². The highest BCUT2D eigenvalue weighted by Crippen LogP contribution is 2.07. The van der Waals surface area contributed by atoms with E-state index < -0.39 is 60.2 Å². The highest BCUT2D eigenvalue weighted by molar-refractivity contribution is 7.98. The maximum absolute atomic E-state index is 12.8. The molecule has 4 unspecified atom stereocenters. The molecule has 0 saturated carbocycles. The molecule has 0 bridgehead atoms. The van der Waals surface area contributed by atoms with Crippen LogP contribution in [0, 0.1) is 5.92 Å². The summed E-state index contributed by atoms with van der Waals surface area (Å²) >= 11 is 1.46. The van der Waals surface area contributed by atoms with Gasteiger partial charge in [0.05, 0.1) is 6.04 Å². The van der Waals surface area contributed by atoms with Gasteiger partial charge in [0.1, 0.15) is 18.1 Å². The van der Waals surface area contributed by atoms with Crippen LogP contribution < -0.4 is 21.7 Å². The number of amides is 3. The third-order valence-electron chi connectivity index (χ3n) is 4.31. The molecule has 0 heterocycles. The van der Waals surface area contributed by atoms with Crippen LogP contribution in [0.1, 0.15) is 46.5 Å². The van der Waals surface area contributed by atoms with E-state index in [-0.39, 0.29) is 18.8 Å². The fourth-order valence-corrected chi connectivity index (χ4v) is 3.05. The van der Waals surface area contributed by atoms with Crippen LogP contribution in [0.5, 0.6) is 0 Å². The molecule has 0 radical (unpaired) electrons. The van der Waals surface area contributed by atoms with Crippen LogP contribution >= 0.6 is 11.8 Å². The van der Waals surface area contributed by atoms with Gasteiger partial charge in [-0.1, -0.05) is 13.8 Å². The lowest BCUT2D eigenvalue weighted by Crippen LogP contribution is -2.57. The predicted molar refractivity (Wildman–Crippen MR) is 116 cm³/mol. The molecule has 0 aliphatic heterocycles. The van der Waals surface area contributed by atoms with Crippen molar-refractivity contribution < 1.29 is 34.2 Å². The Morgan fingerprint density at radius 2 is 1.39 bits per heavy atom. The molecule has 0 aromatic carbocycles. The first-order chi connectivity index (χ1) is 14.4. The Bertz CT molecular complexity index is 645. The zero-order valence-electron chi connectivity index (χ0n) is 18.3. The molecule has 0 saturated heterocycles. The fraction of sp³-hybridized carbons (Fsp3) is 0.737. The Kier molecular flexibility index (Phi) is 13.5. The van der Waals surface area contributed by atoms with E-state index in [1.807, 2.05) is 20.1 Å². The number of thioether (sulfide) groups is 1. The van der Waals surface area contributed by atoms with Gasteiger partial charge in [-0.15, -0.1) is 0 Å². The Balaban J connectivity index is 5.34. The highest BCUT2D eigenvalue weighted by atomic mass is 32.2. The minimum atomic E-state index is -1.28. The van der Waals surface area contributed by atoms with Crippen molar-refractivity contribution in [3.63, 3.8) is 0 Å². The van der Waals surface area contributed by atoms with Gasteiger partial charge in [-0.25, -0.2) is 0 Å². The maximum atomic E-state index is 12.8. The minimum absolute atomic E-state index is 0.180. The number of carboxylic acids is 2. The number of rotatable bonds is 15. The monoisotopic (exact) mass is 462 g/mol. The molecule has 0 aliphatic rings. The second-order valence-corrected chi connectivity index (χ2v) is 8.63. The molecule has 3 amide bonds. The summed E-state index contributed by atoms with van der Waals surface area (Å²) in [6.45, 7) is 5.07. The van der Waals surface area contributed by atoms with E-state index in [0.717, 1.165) is 0 Å². The zero-order valence-corrected chi connectivity index (χ0v) is 19.2.